The molecule has 0 bridgehead atoms. The molecule has 1 aliphatic heterocycles. The van der Waals surface area contributed by atoms with Crippen LogP contribution in [0, 0.1) is 11.3 Å². The summed E-state index contributed by atoms with van der Waals surface area (Å²) in [5.41, 5.74) is 5.72. The van der Waals surface area contributed by atoms with Crippen molar-refractivity contribution in [1.29, 1.82) is 0 Å². The minimum atomic E-state index is -4.04. The predicted molar refractivity (Wildman–Crippen MR) is 181 cm³/mol. The minimum absolute atomic E-state index is 0.178. The molecule has 0 amide bonds. The second-order valence-electron chi connectivity index (χ2n) is 12.7. The van der Waals surface area contributed by atoms with E-state index in [-0.39, 0.29) is 4.90 Å². The molecule has 6 aromatic rings. The average Bonchev–Trinajstić information content (AvgIpc) is 3.56. The molecule has 2 aliphatic rings. The van der Waals surface area contributed by atoms with Gasteiger partial charge in [-0.25, -0.2) is 22.7 Å². The van der Waals surface area contributed by atoms with Gasteiger partial charge < -0.3 is 10.1 Å². The lowest BCUT2D eigenvalue weighted by Gasteiger charge is -2.33. The van der Waals surface area contributed by atoms with E-state index in [9.17, 15) is 13.5 Å². The van der Waals surface area contributed by atoms with E-state index < -0.39 is 10.0 Å². The van der Waals surface area contributed by atoms with Gasteiger partial charge in [-0.1, -0.05) is 48.5 Å². The van der Waals surface area contributed by atoms with E-state index in [0.29, 0.717) is 40.3 Å². The SMILES string of the molecule is O=S(=O)(c1ccccc1)N(c1ccc2[nH]ccc2c1)c1ncnc2ccc(-c3ccc(CN4CCC5(CC4)CC5CO)cc3)cc12. The first-order valence-electron chi connectivity index (χ1n) is 15.8. The summed E-state index contributed by atoms with van der Waals surface area (Å²) in [4.78, 5) is 15.0. The Morgan fingerprint density at radius 3 is 2.43 bits per heavy atom. The van der Waals surface area contributed by atoms with Gasteiger partial charge in [-0.05, 0) is 109 Å². The third-order valence-electron chi connectivity index (χ3n) is 9.98. The monoisotopic (exact) mass is 629 g/mol. The van der Waals surface area contributed by atoms with Gasteiger partial charge in [0.1, 0.15) is 6.33 Å². The van der Waals surface area contributed by atoms with E-state index in [1.165, 1.54) is 35.5 Å². The summed E-state index contributed by atoms with van der Waals surface area (Å²) in [5, 5.41) is 11.1. The maximum atomic E-state index is 14.3. The quantitative estimate of drug-likeness (QED) is 0.190. The number of benzene rings is 4. The fraction of sp³-hybridized carbons (Fsp3) is 0.243. The number of piperidine rings is 1. The number of aromatic amines is 1. The zero-order chi connectivity index (χ0) is 31.3. The first kappa shape index (κ1) is 28.9. The van der Waals surface area contributed by atoms with Crippen molar-refractivity contribution in [3.63, 3.8) is 0 Å². The summed E-state index contributed by atoms with van der Waals surface area (Å²) in [5.74, 6) is 0.805. The molecule has 8 nitrogen and oxygen atoms in total. The van der Waals surface area contributed by atoms with Gasteiger partial charge in [-0.2, -0.15) is 0 Å². The molecule has 46 heavy (non-hydrogen) atoms. The van der Waals surface area contributed by atoms with Crippen molar-refractivity contribution in [3.8, 4) is 11.1 Å². The largest absolute Gasteiger partial charge is 0.396 e. The maximum absolute atomic E-state index is 14.3. The van der Waals surface area contributed by atoms with Gasteiger partial charge in [-0.15, -0.1) is 0 Å². The first-order chi connectivity index (χ1) is 22.4. The van der Waals surface area contributed by atoms with Gasteiger partial charge in [-0.3, -0.25) is 4.90 Å². The van der Waals surface area contributed by atoms with Crippen LogP contribution in [-0.4, -0.2) is 53.1 Å². The van der Waals surface area contributed by atoms with Gasteiger partial charge in [0.2, 0.25) is 0 Å². The van der Waals surface area contributed by atoms with Gasteiger partial charge in [0.05, 0.1) is 16.1 Å². The average molecular weight is 630 g/mol. The van der Waals surface area contributed by atoms with Crippen LogP contribution in [0.5, 0.6) is 0 Å². The lowest BCUT2D eigenvalue weighted by molar-refractivity contribution is 0.142. The normalized spacial score (nSPS) is 17.9. The van der Waals surface area contributed by atoms with Crippen LogP contribution in [0.15, 0.2) is 114 Å². The Hall–Kier alpha value is -4.57. The topological polar surface area (TPSA) is 102 Å². The standard InChI is InChI=1S/C37H35N5O3S/c43-24-30-22-37(30)15-18-41(19-16-37)23-26-6-8-27(9-7-26)28-10-12-35-33(21-28)36(40-25-39-35)42(46(44,45)32-4-2-1-3-5-32)31-11-13-34-29(20-31)14-17-38-34/h1-14,17,20-21,25,30,38,43H,15-16,18-19,22-24H2. The molecule has 3 heterocycles. The van der Waals surface area contributed by atoms with Crippen molar-refractivity contribution in [1.82, 2.24) is 19.9 Å². The summed E-state index contributed by atoms with van der Waals surface area (Å²) >= 11 is 0. The molecule has 1 unspecified atom stereocenters. The first-order valence-corrected chi connectivity index (χ1v) is 17.2. The number of H-pyrrole nitrogens is 1. The summed E-state index contributed by atoms with van der Waals surface area (Å²) < 4.78 is 30.0. The number of fused-ring (bicyclic) bond motifs is 2. The van der Waals surface area contributed by atoms with E-state index in [1.54, 1.807) is 36.4 Å². The summed E-state index contributed by atoms with van der Waals surface area (Å²) in [6.45, 7) is 3.39. The Kier molecular flexibility index (Phi) is 7.12. The van der Waals surface area contributed by atoms with Crippen LogP contribution in [0.25, 0.3) is 32.9 Å². The molecule has 0 radical (unpaired) electrons. The zero-order valence-corrected chi connectivity index (χ0v) is 26.2. The molecule has 1 saturated heterocycles. The molecule has 1 saturated carbocycles. The molecule has 2 N–H and O–H groups in total. The third kappa shape index (κ3) is 5.14. The minimum Gasteiger partial charge on any atom is -0.396 e. The van der Waals surface area contributed by atoms with E-state index in [2.05, 4.69) is 44.1 Å². The van der Waals surface area contributed by atoms with Crippen molar-refractivity contribution in [2.24, 2.45) is 11.3 Å². The highest BCUT2D eigenvalue weighted by atomic mass is 32.2. The molecular formula is C37H35N5O3S. The number of nitrogens with zero attached hydrogens (tertiary/aromatic N) is 4. The van der Waals surface area contributed by atoms with Crippen LogP contribution in [-0.2, 0) is 16.6 Å². The maximum Gasteiger partial charge on any atom is 0.269 e. The number of likely N-dealkylation sites (tertiary alicyclic amines) is 1. The van der Waals surface area contributed by atoms with E-state index in [4.69, 9.17) is 0 Å². The Labute approximate surface area is 268 Å². The van der Waals surface area contributed by atoms with E-state index in [1.807, 2.05) is 42.6 Å². The molecular weight excluding hydrogens is 595 g/mol. The fourth-order valence-corrected chi connectivity index (χ4v) is 8.62. The Morgan fingerprint density at radius 2 is 1.67 bits per heavy atom. The van der Waals surface area contributed by atoms with Crippen molar-refractivity contribution in [2.75, 3.05) is 24.0 Å². The number of hydrogen-bond acceptors (Lipinski definition) is 6. The Bertz CT molecular complexity index is 2140. The molecule has 1 spiro atoms. The molecule has 1 aliphatic carbocycles. The van der Waals surface area contributed by atoms with E-state index >= 15 is 0 Å². The molecule has 1 atom stereocenters. The number of nitrogens with one attached hydrogen (secondary N) is 1. The van der Waals surface area contributed by atoms with Gasteiger partial charge in [0, 0.05) is 35.6 Å². The van der Waals surface area contributed by atoms with Crippen molar-refractivity contribution < 1.29 is 13.5 Å². The number of hydrogen-bond donors (Lipinski definition) is 2. The van der Waals surface area contributed by atoms with Gasteiger partial charge >= 0.3 is 0 Å². The zero-order valence-electron chi connectivity index (χ0n) is 25.4. The lowest BCUT2D eigenvalue weighted by Crippen LogP contribution is -2.34. The summed E-state index contributed by atoms with van der Waals surface area (Å²) in [6.07, 6.45) is 6.79. The molecule has 9 heteroatoms. The van der Waals surface area contributed by atoms with Crippen LogP contribution in [0.1, 0.15) is 24.8 Å². The van der Waals surface area contributed by atoms with Crippen LogP contribution >= 0.6 is 0 Å². The highest BCUT2D eigenvalue weighted by molar-refractivity contribution is 7.93. The van der Waals surface area contributed by atoms with Gasteiger partial charge in [0.15, 0.2) is 5.82 Å². The molecule has 2 fully saturated rings. The summed E-state index contributed by atoms with van der Waals surface area (Å²) in [7, 11) is -4.04. The second kappa shape index (κ2) is 11.3. The number of aliphatic hydroxyl groups excluding tert-OH is 1. The van der Waals surface area contributed by atoms with Crippen molar-refractivity contribution in [2.45, 2.75) is 30.7 Å². The highest BCUT2D eigenvalue weighted by Gasteiger charge is 2.54. The van der Waals surface area contributed by atoms with Crippen LogP contribution in [0.4, 0.5) is 11.5 Å². The number of rotatable bonds is 8. The Morgan fingerprint density at radius 1 is 0.891 bits per heavy atom. The van der Waals surface area contributed by atoms with Crippen LogP contribution < -0.4 is 4.31 Å². The number of sulfonamides is 1. The lowest BCUT2D eigenvalue weighted by atomic mass is 9.90. The smallest absolute Gasteiger partial charge is 0.269 e. The fourth-order valence-electron chi connectivity index (χ4n) is 7.14. The van der Waals surface area contributed by atoms with Gasteiger partial charge in [0.25, 0.3) is 10.0 Å². The number of anilines is 2. The van der Waals surface area contributed by atoms with E-state index in [0.717, 1.165) is 41.7 Å². The summed E-state index contributed by atoms with van der Waals surface area (Å²) in [6, 6.07) is 30.5. The van der Waals surface area contributed by atoms with Crippen molar-refractivity contribution >= 4 is 43.3 Å². The third-order valence-corrected chi connectivity index (χ3v) is 11.7. The molecule has 4 aromatic carbocycles. The highest BCUT2D eigenvalue weighted by Crippen LogP contribution is 2.59. The predicted octanol–water partition coefficient (Wildman–Crippen LogP) is 6.90. The van der Waals surface area contributed by atoms with Crippen LogP contribution in [0.2, 0.25) is 0 Å². The second-order valence-corrected chi connectivity index (χ2v) is 14.5. The number of aromatic nitrogens is 3. The number of aliphatic hydroxyl groups is 1. The van der Waals surface area contributed by atoms with Crippen LogP contribution in [0.3, 0.4) is 0 Å². The molecule has 232 valence electrons. The molecule has 2 aromatic heterocycles. The van der Waals surface area contributed by atoms with Crippen molar-refractivity contribution in [3.05, 3.63) is 115 Å². The molecule has 8 rings (SSSR count). The Balaban J connectivity index is 1.13.